The van der Waals surface area contributed by atoms with Gasteiger partial charge in [0.05, 0.1) is 12.0 Å². The zero-order valence-electron chi connectivity index (χ0n) is 6.77. The van der Waals surface area contributed by atoms with Gasteiger partial charge in [0.1, 0.15) is 0 Å². The zero-order valence-corrected chi connectivity index (χ0v) is 6.77. The van der Waals surface area contributed by atoms with Crippen LogP contribution in [0.25, 0.3) is 0 Å². The van der Waals surface area contributed by atoms with E-state index in [0.717, 1.165) is 5.70 Å². The molecule has 3 aliphatic heterocycles. The maximum atomic E-state index is 5.27. The second-order valence-corrected chi connectivity index (χ2v) is 2.94. The van der Waals surface area contributed by atoms with Crippen molar-refractivity contribution in [3.63, 3.8) is 0 Å². The quantitative estimate of drug-likeness (QED) is 0.586. The molecule has 13 heavy (non-hydrogen) atoms. The van der Waals surface area contributed by atoms with Crippen molar-refractivity contribution in [2.45, 2.75) is 5.54 Å². The molecule has 0 aliphatic carbocycles. The van der Waals surface area contributed by atoms with E-state index in [0.29, 0.717) is 5.90 Å². The Morgan fingerprint density at radius 3 is 3.46 bits per heavy atom. The predicted molar refractivity (Wildman–Crippen MR) is 49.2 cm³/mol. The van der Waals surface area contributed by atoms with Crippen molar-refractivity contribution in [3.8, 4) is 0 Å². The van der Waals surface area contributed by atoms with Gasteiger partial charge >= 0.3 is 0 Å². The Labute approximate surface area is 75.0 Å². The zero-order chi connectivity index (χ0) is 8.73. The van der Waals surface area contributed by atoms with Gasteiger partial charge in [0.2, 0.25) is 5.90 Å². The Balaban J connectivity index is 2.22. The molecular weight excluding hydrogens is 166 g/mol. The number of allylic oxidation sites excluding steroid dienone is 1. The minimum absolute atomic E-state index is 0.510. The lowest BCUT2D eigenvalue weighted by molar-refractivity contribution is 0.468. The summed E-state index contributed by atoms with van der Waals surface area (Å²) in [6.07, 6.45) is 10.6. The van der Waals surface area contributed by atoms with Crippen LogP contribution in [0.3, 0.4) is 0 Å². The van der Waals surface area contributed by atoms with Crippen molar-refractivity contribution in [2.24, 2.45) is 9.98 Å². The normalized spacial score (nSPS) is 32.6. The molecule has 0 fully saturated rings. The first-order chi connectivity index (χ1) is 6.42. The molecule has 1 N–H and O–H groups in total. The molecule has 3 aliphatic rings. The molecule has 64 valence electrons. The second kappa shape index (κ2) is 2.10. The molecule has 0 saturated heterocycles. The molecule has 0 aromatic heterocycles. The van der Waals surface area contributed by atoms with Crippen molar-refractivity contribution in [1.29, 1.82) is 0 Å². The van der Waals surface area contributed by atoms with Crippen molar-refractivity contribution >= 4 is 12.1 Å². The first-order valence-corrected chi connectivity index (χ1v) is 4.02. The van der Waals surface area contributed by atoms with E-state index in [2.05, 4.69) is 15.3 Å². The minimum Gasteiger partial charge on any atom is -0.448 e. The molecule has 3 heterocycles. The smallest absolute Gasteiger partial charge is 0.232 e. The van der Waals surface area contributed by atoms with Crippen LogP contribution in [0.1, 0.15) is 0 Å². The molecule has 3 rings (SSSR count). The molecule has 4 nitrogen and oxygen atoms in total. The molecular formula is C9H7N3O. The molecule has 0 aromatic rings. The summed E-state index contributed by atoms with van der Waals surface area (Å²) in [5.41, 5.74) is 0.470. The predicted octanol–water partition coefficient (Wildman–Crippen LogP) is 0.710. The van der Waals surface area contributed by atoms with Crippen LogP contribution in [0.15, 0.2) is 46.5 Å². The van der Waals surface area contributed by atoms with E-state index in [9.17, 15) is 0 Å². The van der Waals surface area contributed by atoms with Crippen LogP contribution in [0, 0.1) is 0 Å². The summed E-state index contributed by atoms with van der Waals surface area (Å²) in [6, 6.07) is 0. The Kier molecular flexibility index (Phi) is 1.07. The van der Waals surface area contributed by atoms with Gasteiger partial charge in [-0.2, -0.15) is 0 Å². The van der Waals surface area contributed by atoms with Gasteiger partial charge in [-0.05, 0) is 12.2 Å². The third-order valence-corrected chi connectivity index (χ3v) is 2.25. The number of aliphatic imine (C=N–C) groups is 2. The highest BCUT2D eigenvalue weighted by molar-refractivity contribution is 6.00. The molecule has 0 saturated carbocycles. The number of hydrogen-bond acceptors (Lipinski definition) is 4. The van der Waals surface area contributed by atoms with Crippen molar-refractivity contribution in [2.75, 3.05) is 0 Å². The Bertz CT molecular complexity index is 403. The number of hydrogen-bond donors (Lipinski definition) is 1. The minimum atomic E-state index is -0.510. The van der Waals surface area contributed by atoms with E-state index >= 15 is 0 Å². The molecule has 1 spiro atoms. The van der Waals surface area contributed by atoms with E-state index in [1.807, 2.05) is 12.2 Å². The lowest BCUT2D eigenvalue weighted by Gasteiger charge is -2.19. The molecule has 4 heteroatoms. The Hall–Kier alpha value is -1.84. The third-order valence-electron chi connectivity index (χ3n) is 2.25. The largest absolute Gasteiger partial charge is 0.448 e. The van der Waals surface area contributed by atoms with Gasteiger partial charge in [-0.1, -0.05) is 0 Å². The number of nitrogens with one attached hydrogen (secondary N) is 1. The lowest BCUT2D eigenvalue weighted by atomic mass is 9.98. The van der Waals surface area contributed by atoms with Crippen LogP contribution in [-0.2, 0) is 4.74 Å². The highest BCUT2D eigenvalue weighted by atomic mass is 16.5. The third kappa shape index (κ3) is 0.697. The molecule has 1 atom stereocenters. The van der Waals surface area contributed by atoms with Gasteiger partial charge in [-0.3, -0.25) is 4.99 Å². The van der Waals surface area contributed by atoms with E-state index in [1.54, 1.807) is 24.9 Å². The first kappa shape index (κ1) is 6.65. The summed E-state index contributed by atoms with van der Waals surface area (Å²) in [5, 5.41) is 3.12. The number of ether oxygens (including phenoxy) is 1. The summed E-state index contributed by atoms with van der Waals surface area (Å²) >= 11 is 0. The summed E-state index contributed by atoms with van der Waals surface area (Å²) in [7, 11) is 0. The molecule has 0 radical (unpaired) electrons. The van der Waals surface area contributed by atoms with Gasteiger partial charge in [0.15, 0.2) is 5.54 Å². The summed E-state index contributed by atoms with van der Waals surface area (Å²) in [6.45, 7) is 0. The lowest BCUT2D eigenvalue weighted by Crippen LogP contribution is -2.36. The number of nitrogens with zero attached hydrogens (tertiary/aromatic N) is 2. The van der Waals surface area contributed by atoms with E-state index < -0.39 is 5.54 Å². The summed E-state index contributed by atoms with van der Waals surface area (Å²) in [5.74, 6) is 0.605. The van der Waals surface area contributed by atoms with Gasteiger partial charge in [-0.15, -0.1) is 0 Å². The van der Waals surface area contributed by atoms with Gasteiger partial charge in [0, 0.05) is 18.6 Å². The van der Waals surface area contributed by atoms with Gasteiger partial charge in [0.25, 0.3) is 0 Å². The van der Waals surface area contributed by atoms with E-state index in [4.69, 9.17) is 4.74 Å². The van der Waals surface area contributed by atoms with Crippen LogP contribution in [0.5, 0.6) is 0 Å². The highest BCUT2D eigenvalue weighted by Gasteiger charge is 2.44. The Morgan fingerprint density at radius 2 is 2.46 bits per heavy atom. The van der Waals surface area contributed by atoms with Crippen LogP contribution in [-0.4, -0.2) is 17.7 Å². The standard InChI is InChI=1S/C9H7N3O/c1-3-12-9-2-6-13-8(9)11-5-4-10-7(1)9/h1-6,10H. The molecule has 0 aromatic carbocycles. The van der Waals surface area contributed by atoms with E-state index in [1.165, 1.54) is 0 Å². The summed E-state index contributed by atoms with van der Waals surface area (Å²) in [4.78, 5) is 8.50. The van der Waals surface area contributed by atoms with Crippen molar-refractivity contribution < 1.29 is 4.74 Å². The Morgan fingerprint density at radius 1 is 1.46 bits per heavy atom. The molecule has 0 bridgehead atoms. The van der Waals surface area contributed by atoms with Crippen LogP contribution >= 0.6 is 0 Å². The van der Waals surface area contributed by atoms with Gasteiger partial charge < -0.3 is 10.1 Å². The fourth-order valence-corrected chi connectivity index (χ4v) is 1.61. The van der Waals surface area contributed by atoms with Crippen LogP contribution < -0.4 is 5.32 Å². The maximum Gasteiger partial charge on any atom is 0.232 e. The maximum absolute atomic E-state index is 5.27. The fraction of sp³-hybridized carbons (Fsp3) is 0.111. The van der Waals surface area contributed by atoms with Crippen molar-refractivity contribution in [1.82, 2.24) is 5.32 Å². The monoisotopic (exact) mass is 173 g/mol. The average Bonchev–Trinajstić information content (AvgIpc) is 2.70. The van der Waals surface area contributed by atoms with Crippen LogP contribution in [0.4, 0.5) is 0 Å². The van der Waals surface area contributed by atoms with Crippen LogP contribution in [0.2, 0.25) is 0 Å². The van der Waals surface area contributed by atoms with Gasteiger partial charge in [-0.25, -0.2) is 4.99 Å². The molecule has 1 unspecified atom stereocenters. The number of rotatable bonds is 0. The highest BCUT2D eigenvalue weighted by Crippen LogP contribution is 2.33. The average molecular weight is 173 g/mol. The topological polar surface area (TPSA) is 46.0 Å². The second-order valence-electron chi connectivity index (χ2n) is 2.94. The fourth-order valence-electron chi connectivity index (χ4n) is 1.61. The van der Waals surface area contributed by atoms with E-state index in [-0.39, 0.29) is 0 Å². The summed E-state index contributed by atoms with van der Waals surface area (Å²) < 4.78 is 5.27. The first-order valence-electron chi connectivity index (χ1n) is 4.02. The SMILES string of the molecule is C1=CNC2=CC=NC23C=COC3=N1. The molecule has 0 amide bonds. The van der Waals surface area contributed by atoms with Crippen molar-refractivity contribution in [3.05, 3.63) is 36.5 Å².